The molecule has 0 spiro atoms. The molecule has 3 heterocycles. The second kappa shape index (κ2) is 9.69. The first-order chi connectivity index (χ1) is 15.5. The van der Waals surface area contributed by atoms with E-state index in [4.69, 9.17) is 9.94 Å². The lowest BCUT2D eigenvalue weighted by Gasteiger charge is -2.46. The van der Waals surface area contributed by atoms with Crippen LogP contribution in [0.25, 0.3) is 0 Å². The number of carbonyl (C=O) groups is 4. The molecule has 13 heteroatoms. The lowest BCUT2D eigenvalue weighted by atomic mass is 9.98. The van der Waals surface area contributed by atoms with Crippen LogP contribution in [0.4, 0.5) is 5.13 Å². The summed E-state index contributed by atoms with van der Waals surface area (Å²) in [5.41, 5.74) is 0.269. The molecule has 1 unspecified atom stereocenters. The monoisotopic (exact) mass is 479 g/mol. The molecule has 1 aliphatic carbocycles. The Labute approximate surface area is 191 Å². The van der Waals surface area contributed by atoms with Crippen molar-refractivity contribution in [2.45, 2.75) is 49.6 Å². The van der Waals surface area contributed by atoms with Crippen LogP contribution in [-0.2, 0) is 24.0 Å². The zero-order valence-electron chi connectivity index (χ0n) is 16.9. The van der Waals surface area contributed by atoms with Gasteiger partial charge in [0.05, 0.1) is 5.57 Å². The number of anilines is 1. The van der Waals surface area contributed by atoms with Gasteiger partial charge in [-0.3, -0.25) is 14.4 Å². The molecule has 170 valence electrons. The number of amides is 3. The molecular weight excluding hydrogens is 458 g/mol. The fourth-order valence-electron chi connectivity index (χ4n) is 3.64. The molecule has 1 aromatic heterocycles. The molecule has 0 bridgehead atoms. The van der Waals surface area contributed by atoms with E-state index in [9.17, 15) is 19.2 Å². The number of hydrogen-bond acceptors (Lipinski definition) is 9. The average Bonchev–Trinajstić information content (AvgIpc) is 3.26. The fourth-order valence-corrected chi connectivity index (χ4v) is 5.55. The average molecular weight is 480 g/mol. The lowest BCUT2D eigenvalue weighted by Crippen LogP contribution is -2.69. The van der Waals surface area contributed by atoms with Crippen molar-refractivity contribution in [1.29, 1.82) is 0 Å². The maximum absolute atomic E-state index is 13.0. The Morgan fingerprint density at radius 3 is 2.81 bits per heavy atom. The normalized spacial score (nSPS) is 23.5. The number of oxime groups is 1. The van der Waals surface area contributed by atoms with Crippen LogP contribution in [0.15, 0.2) is 22.3 Å². The summed E-state index contributed by atoms with van der Waals surface area (Å²) in [6, 6.07) is -0.815. The first-order valence-corrected chi connectivity index (χ1v) is 12.0. The number of hydrogen-bond donors (Lipinski definition) is 3. The zero-order chi connectivity index (χ0) is 22.7. The van der Waals surface area contributed by atoms with Crippen molar-refractivity contribution in [3.8, 4) is 0 Å². The predicted octanol–water partition coefficient (Wildman–Crippen LogP) is 1.13. The molecule has 4 rings (SSSR count). The number of aromatic nitrogens is 1. The van der Waals surface area contributed by atoms with Gasteiger partial charge in [-0.2, -0.15) is 0 Å². The quantitative estimate of drug-likeness (QED) is 0.217. The first-order valence-electron chi connectivity index (χ1n) is 10.1. The number of carboxylic acid groups (broad SMARTS) is 1. The summed E-state index contributed by atoms with van der Waals surface area (Å²) in [6.45, 7) is 0. The molecule has 3 aliphatic rings. The highest BCUT2D eigenvalue weighted by atomic mass is 32.2. The van der Waals surface area contributed by atoms with Gasteiger partial charge >= 0.3 is 5.97 Å². The van der Waals surface area contributed by atoms with Gasteiger partial charge in [0.25, 0.3) is 11.8 Å². The number of nitrogens with zero attached hydrogens (tertiary/aromatic N) is 3. The van der Waals surface area contributed by atoms with E-state index in [0.29, 0.717) is 11.5 Å². The molecule has 32 heavy (non-hydrogen) atoms. The van der Waals surface area contributed by atoms with Crippen LogP contribution >= 0.6 is 23.1 Å². The Morgan fingerprint density at radius 2 is 2.09 bits per heavy atom. The van der Waals surface area contributed by atoms with Crippen molar-refractivity contribution in [2.24, 2.45) is 5.16 Å². The minimum Gasteiger partial charge on any atom is -0.478 e. The van der Waals surface area contributed by atoms with Gasteiger partial charge in [-0.05, 0) is 25.7 Å². The van der Waals surface area contributed by atoms with Crippen LogP contribution in [0.5, 0.6) is 0 Å². The molecule has 1 aromatic rings. The van der Waals surface area contributed by atoms with E-state index in [-0.39, 0.29) is 28.8 Å². The van der Waals surface area contributed by atoms with E-state index in [0.717, 1.165) is 43.4 Å². The van der Waals surface area contributed by atoms with Crippen LogP contribution in [0, 0.1) is 0 Å². The topological polar surface area (TPSA) is 150 Å². The van der Waals surface area contributed by atoms with Gasteiger partial charge in [0.1, 0.15) is 23.2 Å². The van der Waals surface area contributed by atoms with Crippen molar-refractivity contribution in [1.82, 2.24) is 15.2 Å². The summed E-state index contributed by atoms with van der Waals surface area (Å²) in [5.74, 6) is -1.87. The Bertz CT molecular complexity index is 987. The molecule has 1 saturated heterocycles. The van der Waals surface area contributed by atoms with Gasteiger partial charge in [0.2, 0.25) is 6.41 Å². The molecule has 0 aromatic carbocycles. The smallest absolute Gasteiger partial charge is 0.333 e. The molecule has 11 nitrogen and oxygen atoms in total. The molecule has 2 fully saturated rings. The van der Waals surface area contributed by atoms with Gasteiger partial charge in [0, 0.05) is 17.3 Å². The summed E-state index contributed by atoms with van der Waals surface area (Å²) >= 11 is 2.39. The molecule has 2 atom stereocenters. The number of thioether (sulfide) groups is 1. The van der Waals surface area contributed by atoms with Crippen molar-refractivity contribution >= 4 is 58.1 Å². The molecule has 1 saturated carbocycles. The van der Waals surface area contributed by atoms with E-state index < -0.39 is 29.2 Å². The molecule has 2 aliphatic heterocycles. The van der Waals surface area contributed by atoms with E-state index in [1.165, 1.54) is 22.9 Å². The van der Waals surface area contributed by atoms with E-state index >= 15 is 0 Å². The van der Waals surface area contributed by atoms with Gasteiger partial charge in [-0.1, -0.05) is 11.6 Å². The number of fused-ring (bicyclic) bond motifs is 1. The Hall–Kier alpha value is -2.93. The van der Waals surface area contributed by atoms with Gasteiger partial charge < -0.3 is 25.5 Å². The largest absolute Gasteiger partial charge is 0.478 e. The lowest BCUT2D eigenvalue weighted by molar-refractivity contribution is -0.144. The number of carboxylic acids is 1. The predicted molar refractivity (Wildman–Crippen MR) is 117 cm³/mol. The number of β-lactam (4-membered cyclic amide) rings is 1. The van der Waals surface area contributed by atoms with Crippen LogP contribution in [-0.4, -0.2) is 68.2 Å². The second-order valence-corrected chi connectivity index (χ2v) is 9.43. The highest BCUT2D eigenvalue weighted by molar-refractivity contribution is 8.00. The van der Waals surface area contributed by atoms with E-state index in [2.05, 4.69) is 20.8 Å². The zero-order valence-corrected chi connectivity index (χ0v) is 18.5. The maximum Gasteiger partial charge on any atom is 0.333 e. The Kier molecular flexibility index (Phi) is 6.74. The second-order valence-electron chi connectivity index (χ2n) is 7.46. The van der Waals surface area contributed by atoms with Crippen LogP contribution in [0.3, 0.4) is 0 Å². The van der Waals surface area contributed by atoms with E-state index in [1.54, 1.807) is 5.38 Å². The first kappa shape index (κ1) is 22.3. The number of rotatable bonds is 8. The maximum atomic E-state index is 13.0. The standard InChI is InChI=1S/C19H21N5O6S2/c25-9-20-19-21-12(8-32-19)13(23-30-11-4-2-1-3-5-11)15(26)22-14-16(27)24-6-10(18(28)29)7-31-17(14)24/h6,8-9,11,14,17H,1-5,7H2,(H,22,26)(H,28,29)(H,20,21,25)/t14?,17-/m1/s1. The minimum absolute atomic E-state index is 0.0837. The van der Waals surface area contributed by atoms with Gasteiger partial charge in [-0.15, -0.1) is 23.1 Å². The summed E-state index contributed by atoms with van der Waals surface area (Å²) in [7, 11) is 0. The third kappa shape index (κ3) is 4.63. The van der Waals surface area contributed by atoms with Crippen molar-refractivity contribution in [3.05, 3.63) is 22.8 Å². The molecule has 3 N–H and O–H groups in total. The van der Waals surface area contributed by atoms with E-state index in [1.807, 2.05) is 0 Å². The van der Waals surface area contributed by atoms with Gasteiger partial charge in [0.15, 0.2) is 10.8 Å². The third-order valence-electron chi connectivity index (χ3n) is 5.34. The molecule has 0 radical (unpaired) electrons. The van der Waals surface area contributed by atoms with Crippen LogP contribution < -0.4 is 10.6 Å². The summed E-state index contributed by atoms with van der Waals surface area (Å²) in [4.78, 5) is 58.5. The molecular formula is C19H21N5O6S2. The highest BCUT2D eigenvalue weighted by Crippen LogP contribution is 2.36. The fraction of sp³-hybridized carbons (Fsp3) is 0.474. The number of nitrogens with one attached hydrogen (secondary N) is 2. The van der Waals surface area contributed by atoms with Gasteiger partial charge in [-0.25, -0.2) is 9.78 Å². The summed E-state index contributed by atoms with van der Waals surface area (Å²) in [5, 5.41) is 19.8. The van der Waals surface area contributed by atoms with Crippen LogP contribution in [0.2, 0.25) is 0 Å². The highest BCUT2D eigenvalue weighted by Gasteiger charge is 2.50. The summed E-state index contributed by atoms with van der Waals surface area (Å²) in [6.07, 6.45) is 6.60. The molecule has 3 amide bonds. The number of aliphatic carboxylic acids is 1. The summed E-state index contributed by atoms with van der Waals surface area (Å²) < 4.78 is 0. The SMILES string of the molecule is O=CNc1nc(C(=NOC2CCCCC2)C(=O)NC2C(=O)N3C=C(C(=O)O)CS[C@H]23)cs1. The van der Waals surface area contributed by atoms with Crippen LogP contribution in [0.1, 0.15) is 37.8 Å². The van der Waals surface area contributed by atoms with Crippen molar-refractivity contribution in [3.63, 3.8) is 0 Å². The number of thiazole rings is 1. The third-order valence-corrected chi connectivity index (χ3v) is 7.43. The minimum atomic E-state index is -1.08. The number of carbonyl (C=O) groups excluding carboxylic acids is 3. The Morgan fingerprint density at radius 1 is 1.31 bits per heavy atom. The Balaban J connectivity index is 1.49. The van der Waals surface area contributed by atoms with Crippen molar-refractivity contribution < 1.29 is 29.1 Å². The van der Waals surface area contributed by atoms with Crippen molar-refractivity contribution in [2.75, 3.05) is 11.1 Å².